The first kappa shape index (κ1) is 81.3. The van der Waals surface area contributed by atoms with E-state index in [1.807, 2.05) is 54.6 Å². The third-order valence-electron chi connectivity index (χ3n) is 26.5. The molecule has 648 valence electrons. The smallest absolute Gasteiger partial charge is 0.227 e. The lowest BCUT2D eigenvalue weighted by atomic mass is 9.93. The molecule has 0 bridgehead atoms. The van der Waals surface area contributed by atoms with Gasteiger partial charge in [0.25, 0.3) is 0 Å². The molecule has 0 saturated heterocycles. The molecule has 9 heterocycles. The molecule has 28 aromatic rings. The van der Waals surface area contributed by atoms with E-state index < -0.39 is 0 Å². The molecule has 0 N–H and O–H groups in total. The van der Waals surface area contributed by atoms with Gasteiger partial charge in [-0.1, -0.05) is 346 Å². The number of imidazole rings is 1. The minimum Gasteiger partial charge on any atom is -0.436 e. The van der Waals surface area contributed by atoms with Gasteiger partial charge in [0, 0.05) is 88.1 Å². The minimum absolute atomic E-state index is 0.598. The highest BCUT2D eigenvalue weighted by atomic mass is 32.1. The Labute approximate surface area is 802 Å². The molecule has 0 amide bonds. The van der Waals surface area contributed by atoms with Gasteiger partial charge in [-0.3, -0.25) is 4.57 Å². The number of para-hydroxylation sites is 6. The Morgan fingerprint density at radius 2 is 0.568 bits per heavy atom. The molecule has 0 unspecified atom stereocenters. The Morgan fingerprint density at radius 3 is 1.12 bits per heavy atom. The van der Waals surface area contributed by atoms with Crippen LogP contribution in [0.4, 0.5) is 0 Å². The average molecular weight is 1790 g/mol. The van der Waals surface area contributed by atoms with E-state index in [9.17, 15) is 0 Å². The largest absolute Gasteiger partial charge is 0.436 e. The van der Waals surface area contributed by atoms with Crippen molar-refractivity contribution >= 4 is 152 Å². The van der Waals surface area contributed by atoms with Crippen molar-refractivity contribution in [3.8, 4) is 129 Å². The number of hydrogen-bond acceptors (Lipinski definition) is 11. The summed E-state index contributed by atoms with van der Waals surface area (Å²) in [5.74, 6) is 1.49. The van der Waals surface area contributed by atoms with E-state index in [4.69, 9.17) is 49.3 Å². The highest BCUT2D eigenvalue weighted by Crippen LogP contribution is 2.42. The van der Waals surface area contributed by atoms with E-state index in [-0.39, 0.29) is 0 Å². The van der Waals surface area contributed by atoms with E-state index in [0.29, 0.717) is 5.89 Å². The second kappa shape index (κ2) is 34.5. The SMILES string of the molecule is c1cc(-c2ccc3ccc4ccc(-c5ccc(-c6cc7ccccc7c7ccccc67)cc5)nc4c3n2)cc(-c2nc3ccccc3o2)c1.c1cc(-c2ccc3ccc4ccc(-c5ccc6ccccc6c5)nc4c3n2)cc(-c2nc3ccccc3s2)c1.c1ccc(-n2c(-c3cccc(-c4ccc5ccc6ccc(-c7ccc(-c8ccc9ccccc9c8)cc7)nc6c5n4)c3)nc3ccccc32)cc1. The number of aromatic nitrogens is 10. The van der Waals surface area contributed by atoms with Gasteiger partial charge < -0.3 is 4.42 Å². The third-order valence-corrected chi connectivity index (χ3v) is 27.6. The summed E-state index contributed by atoms with van der Waals surface area (Å²) in [4.78, 5) is 45.8. The van der Waals surface area contributed by atoms with Crippen LogP contribution in [-0.4, -0.2) is 49.4 Å². The first-order chi connectivity index (χ1) is 68.8. The molecule has 0 spiro atoms. The van der Waals surface area contributed by atoms with E-state index in [1.165, 1.54) is 70.0 Å². The summed E-state index contributed by atoms with van der Waals surface area (Å²) in [6.07, 6.45) is 0. The van der Waals surface area contributed by atoms with Gasteiger partial charge in [0.1, 0.15) is 16.3 Å². The molecule has 19 aromatic carbocycles. The van der Waals surface area contributed by atoms with Crippen molar-refractivity contribution in [1.29, 1.82) is 0 Å². The molecule has 11 nitrogen and oxygen atoms in total. The number of benzene rings is 19. The molecule has 139 heavy (non-hydrogen) atoms. The highest BCUT2D eigenvalue weighted by Gasteiger charge is 2.21. The first-order valence-corrected chi connectivity index (χ1v) is 47.4. The molecule has 0 aliphatic carbocycles. The van der Waals surface area contributed by atoms with Gasteiger partial charge in [0.15, 0.2) is 5.58 Å². The number of fused-ring (bicyclic) bond motifs is 17. The van der Waals surface area contributed by atoms with Crippen LogP contribution in [0.3, 0.4) is 0 Å². The third kappa shape index (κ3) is 15.4. The molecular formula is C127H78N10OS. The summed E-state index contributed by atoms with van der Waals surface area (Å²) in [5.41, 5.74) is 30.8. The monoisotopic (exact) mass is 1790 g/mol. The molecule has 9 aromatic heterocycles. The fourth-order valence-corrected chi connectivity index (χ4v) is 20.4. The van der Waals surface area contributed by atoms with Gasteiger partial charge in [-0.15, -0.1) is 11.3 Å². The fraction of sp³-hybridized carbons (Fsp3) is 0. The Balaban J connectivity index is 0.000000108. The molecular weight excluding hydrogens is 1710 g/mol. The van der Waals surface area contributed by atoms with Crippen molar-refractivity contribution in [3.63, 3.8) is 0 Å². The molecule has 0 radical (unpaired) electrons. The van der Waals surface area contributed by atoms with Crippen LogP contribution in [0.15, 0.2) is 478 Å². The Morgan fingerprint density at radius 1 is 0.194 bits per heavy atom. The normalized spacial score (nSPS) is 11.6. The zero-order valence-electron chi connectivity index (χ0n) is 74.8. The number of nitrogens with zero attached hydrogens (tertiary/aromatic N) is 10. The summed E-state index contributed by atoms with van der Waals surface area (Å²) in [6.45, 7) is 0. The molecule has 0 aliphatic rings. The van der Waals surface area contributed by atoms with Gasteiger partial charge >= 0.3 is 0 Å². The van der Waals surface area contributed by atoms with Crippen molar-refractivity contribution in [2.24, 2.45) is 0 Å². The van der Waals surface area contributed by atoms with Crippen molar-refractivity contribution in [3.05, 3.63) is 473 Å². The van der Waals surface area contributed by atoms with E-state index in [0.717, 1.165) is 194 Å². The molecule has 12 heteroatoms. The molecule has 0 atom stereocenters. The summed E-state index contributed by atoms with van der Waals surface area (Å²) in [5, 5.41) is 17.4. The summed E-state index contributed by atoms with van der Waals surface area (Å²) in [6, 6.07) is 165. The predicted molar refractivity (Wildman–Crippen MR) is 576 cm³/mol. The Bertz CT molecular complexity index is 9690. The minimum atomic E-state index is 0.598. The fourth-order valence-electron chi connectivity index (χ4n) is 19.4. The topological polar surface area (TPSA) is 134 Å². The summed E-state index contributed by atoms with van der Waals surface area (Å²) in [7, 11) is 0. The van der Waals surface area contributed by atoms with Crippen molar-refractivity contribution < 1.29 is 4.42 Å². The van der Waals surface area contributed by atoms with Gasteiger partial charge in [-0.25, -0.2) is 44.9 Å². The summed E-state index contributed by atoms with van der Waals surface area (Å²) < 4.78 is 9.48. The quantitative estimate of drug-likeness (QED) is 0.109. The first-order valence-electron chi connectivity index (χ1n) is 46.6. The lowest BCUT2D eigenvalue weighted by Crippen LogP contribution is -1.97. The van der Waals surface area contributed by atoms with Crippen LogP contribution in [0.2, 0.25) is 0 Å². The van der Waals surface area contributed by atoms with Gasteiger partial charge in [-0.2, -0.15) is 0 Å². The van der Waals surface area contributed by atoms with Gasteiger partial charge in [-0.05, 0) is 193 Å². The van der Waals surface area contributed by atoms with Crippen LogP contribution in [0.1, 0.15) is 0 Å². The summed E-state index contributed by atoms with van der Waals surface area (Å²) >= 11 is 1.72. The molecule has 0 saturated carbocycles. The van der Waals surface area contributed by atoms with E-state index in [1.54, 1.807) is 11.3 Å². The molecule has 0 fully saturated rings. The lowest BCUT2D eigenvalue weighted by molar-refractivity contribution is 0.620. The van der Waals surface area contributed by atoms with Crippen molar-refractivity contribution in [1.82, 2.24) is 49.4 Å². The number of thiazole rings is 1. The van der Waals surface area contributed by atoms with Gasteiger partial charge in [0.2, 0.25) is 5.89 Å². The predicted octanol–water partition coefficient (Wildman–Crippen LogP) is 33.4. The van der Waals surface area contributed by atoms with Crippen molar-refractivity contribution in [2.75, 3.05) is 0 Å². The maximum Gasteiger partial charge on any atom is 0.227 e. The highest BCUT2D eigenvalue weighted by molar-refractivity contribution is 7.21. The van der Waals surface area contributed by atoms with Crippen LogP contribution in [0, 0.1) is 0 Å². The van der Waals surface area contributed by atoms with Gasteiger partial charge in [0.05, 0.1) is 88.5 Å². The second-order valence-corrected chi connectivity index (χ2v) is 36.1. The number of rotatable bonds is 12. The zero-order chi connectivity index (χ0) is 91.8. The standard InChI is InChI=1S/C47H30N4.C45H27N3O.C35H21N3S/c1-2-13-40(14-3-1)51-44-16-7-6-15-43(44)50-47(51)39-12-8-11-38(30-39)42-28-26-35-23-22-34-25-27-41(48-45(34)46(35)49-42)33-20-17-32(18-21-33)37-24-19-31-9-4-5-10-36(31)29-37;1-2-11-35-32(8-1)27-38(37-13-4-3-12-36(35)37)28-16-18-29(19-17-28)39-24-22-30-20-21-31-23-25-40(47-44(31)43(30)46-39)33-9-7-10-34(26-33)45-48-41-14-5-6-15-42(41)49-45;1-2-7-25-20-27(15-12-22(25)6-1)30-19-17-24-14-13-23-16-18-29(36-33(23)34(24)37-30)26-8-5-9-28(21-26)35-38-31-10-3-4-11-32(31)39-35/h1-30H;1-27H;1-21H. The van der Waals surface area contributed by atoms with Crippen LogP contribution in [0.5, 0.6) is 0 Å². The van der Waals surface area contributed by atoms with Crippen LogP contribution >= 0.6 is 11.3 Å². The Hall–Kier alpha value is -18.5. The van der Waals surface area contributed by atoms with E-state index >= 15 is 0 Å². The lowest BCUT2D eigenvalue weighted by Gasteiger charge is -2.12. The average Bonchev–Trinajstić information content (AvgIpc) is 1.62. The van der Waals surface area contributed by atoms with Crippen molar-refractivity contribution in [2.45, 2.75) is 0 Å². The van der Waals surface area contributed by atoms with Crippen LogP contribution < -0.4 is 0 Å². The number of oxazole rings is 1. The maximum atomic E-state index is 6.05. The Kier molecular flexibility index (Phi) is 20.2. The number of pyridine rings is 6. The van der Waals surface area contributed by atoms with E-state index in [2.05, 4.69) is 423 Å². The zero-order valence-corrected chi connectivity index (χ0v) is 75.6. The molecule has 28 rings (SSSR count). The number of hydrogen-bond donors (Lipinski definition) is 0. The maximum absolute atomic E-state index is 6.05. The van der Waals surface area contributed by atoms with Crippen LogP contribution in [0.25, 0.3) is 270 Å². The van der Waals surface area contributed by atoms with Crippen LogP contribution in [-0.2, 0) is 0 Å². The molecule has 0 aliphatic heterocycles. The second-order valence-electron chi connectivity index (χ2n) is 35.1.